The van der Waals surface area contributed by atoms with E-state index in [-0.39, 0.29) is 5.75 Å². The number of hydrazone groups is 1. The normalized spacial score (nSPS) is 10.6. The molecule has 6 nitrogen and oxygen atoms in total. The summed E-state index contributed by atoms with van der Waals surface area (Å²) < 4.78 is 10.8. The van der Waals surface area contributed by atoms with Crippen molar-refractivity contribution in [3.05, 3.63) is 83.9 Å². The average molecular weight is 362 g/mol. The molecular formula is C21H18N2O4. The fraction of sp³-hybridized carbons (Fsp3) is 0.0476. The van der Waals surface area contributed by atoms with Crippen LogP contribution < -0.4 is 14.9 Å². The predicted octanol–water partition coefficient (Wildman–Crippen LogP) is 3.96. The quantitative estimate of drug-likeness (QED) is 0.514. The fourth-order valence-corrected chi connectivity index (χ4v) is 2.36. The Bertz CT molecular complexity index is 955. The van der Waals surface area contributed by atoms with Crippen molar-refractivity contribution in [1.29, 1.82) is 0 Å². The molecule has 0 aromatic heterocycles. The largest absolute Gasteiger partial charge is 0.504 e. The Labute approximate surface area is 156 Å². The van der Waals surface area contributed by atoms with Gasteiger partial charge in [0.1, 0.15) is 11.5 Å². The van der Waals surface area contributed by atoms with Crippen molar-refractivity contribution in [3.8, 4) is 23.0 Å². The summed E-state index contributed by atoms with van der Waals surface area (Å²) in [5.41, 5.74) is 3.50. The lowest BCUT2D eigenvalue weighted by Crippen LogP contribution is -2.18. The minimum Gasteiger partial charge on any atom is -0.504 e. The summed E-state index contributed by atoms with van der Waals surface area (Å²) in [7, 11) is 1.46. The minimum atomic E-state index is -0.400. The van der Waals surface area contributed by atoms with E-state index in [0.717, 1.165) is 0 Å². The van der Waals surface area contributed by atoms with E-state index in [1.807, 2.05) is 30.3 Å². The lowest BCUT2D eigenvalue weighted by atomic mass is 10.2. The number of benzene rings is 3. The van der Waals surface area contributed by atoms with E-state index in [2.05, 4.69) is 10.5 Å². The second-order valence-corrected chi connectivity index (χ2v) is 5.54. The molecule has 3 aromatic rings. The van der Waals surface area contributed by atoms with Crippen LogP contribution in [0, 0.1) is 0 Å². The van der Waals surface area contributed by atoms with Crippen molar-refractivity contribution < 1.29 is 19.4 Å². The molecule has 136 valence electrons. The van der Waals surface area contributed by atoms with E-state index < -0.39 is 5.91 Å². The number of nitrogens with one attached hydrogen (secondary N) is 1. The number of aromatic hydroxyl groups is 1. The van der Waals surface area contributed by atoms with Gasteiger partial charge in [-0.15, -0.1) is 0 Å². The lowest BCUT2D eigenvalue weighted by molar-refractivity contribution is 0.0953. The van der Waals surface area contributed by atoms with Gasteiger partial charge < -0.3 is 14.6 Å². The lowest BCUT2D eigenvalue weighted by Gasteiger charge is -2.09. The van der Waals surface area contributed by atoms with E-state index in [9.17, 15) is 9.90 Å². The number of rotatable bonds is 6. The zero-order valence-electron chi connectivity index (χ0n) is 14.6. The first-order valence-corrected chi connectivity index (χ1v) is 8.19. The Hall–Kier alpha value is -3.80. The maximum atomic E-state index is 12.5. The van der Waals surface area contributed by atoms with Gasteiger partial charge in [0.25, 0.3) is 5.91 Å². The van der Waals surface area contributed by atoms with Gasteiger partial charge in [0.2, 0.25) is 0 Å². The van der Waals surface area contributed by atoms with Crippen molar-refractivity contribution in [2.45, 2.75) is 0 Å². The predicted molar refractivity (Wildman–Crippen MR) is 103 cm³/mol. The summed E-state index contributed by atoms with van der Waals surface area (Å²) in [5, 5.41) is 13.5. The Morgan fingerprint density at radius 2 is 1.74 bits per heavy atom. The van der Waals surface area contributed by atoms with Gasteiger partial charge in [-0.1, -0.05) is 30.3 Å². The van der Waals surface area contributed by atoms with Crippen molar-refractivity contribution in [2.24, 2.45) is 5.10 Å². The molecule has 0 fully saturated rings. The van der Waals surface area contributed by atoms with Crippen LogP contribution in [0.3, 0.4) is 0 Å². The zero-order chi connectivity index (χ0) is 19.1. The van der Waals surface area contributed by atoms with Crippen LogP contribution in [-0.2, 0) is 0 Å². The van der Waals surface area contributed by atoms with E-state index in [1.54, 1.807) is 36.4 Å². The molecule has 0 aliphatic rings. The molecule has 1 amide bonds. The van der Waals surface area contributed by atoms with Crippen LogP contribution in [0.5, 0.6) is 23.0 Å². The van der Waals surface area contributed by atoms with Crippen molar-refractivity contribution in [2.75, 3.05) is 7.11 Å². The number of para-hydroxylation sites is 2. The molecule has 0 spiro atoms. The van der Waals surface area contributed by atoms with Gasteiger partial charge in [0.05, 0.1) is 18.9 Å². The Balaban J connectivity index is 1.71. The van der Waals surface area contributed by atoms with Gasteiger partial charge in [-0.3, -0.25) is 4.79 Å². The molecule has 3 rings (SSSR count). The maximum absolute atomic E-state index is 12.5. The molecule has 2 N–H and O–H groups in total. The van der Waals surface area contributed by atoms with Gasteiger partial charge >= 0.3 is 0 Å². The number of phenolic OH excluding ortho intramolecular Hbond substituents is 1. The van der Waals surface area contributed by atoms with Crippen LogP contribution in [0.4, 0.5) is 0 Å². The van der Waals surface area contributed by atoms with Gasteiger partial charge in [-0.05, 0) is 48.0 Å². The molecule has 0 atom stereocenters. The van der Waals surface area contributed by atoms with Crippen molar-refractivity contribution in [1.82, 2.24) is 5.43 Å². The first-order valence-electron chi connectivity index (χ1n) is 8.19. The SMILES string of the molecule is COc1cc(/C=N/NC(=O)c2ccccc2Oc2ccccc2)ccc1O. The molecular weight excluding hydrogens is 344 g/mol. The van der Waals surface area contributed by atoms with E-state index in [4.69, 9.17) is 9.47 Å². The summed E-state index contributed by atoms with van der Waals surface area (Å²) in [6, 6.07) is 20.9. The number of ether oxygens (including phenoxy) is 2. The summed E-state index contributed by atoms with van der Waals surface area (Å²) in [4.78, 5) is 12.5. The van der Waals surface area contributed by atoms with Crippen LogP contribution in [-0.4, -0.2) is 24.3 Å². The monoisotopic (exact) mass is 362 g/mol. The number of nitrogens with zero attached hydrogens (tertiary/aromatic N) is 1. The molecule has 0 saturated heterocycles. The third kappa shape index (κ3) is 4.64. The third-order valence-electron chi connectivity index (χ3n) is 3.69. The summed E-state index contributed by atoms with van der Waals surface area (Å²) in [5.74, 6) is 1.03. The van der Waals surface area contributed by atoms with E-state index in [1.165, 1.54) is 19.4 Å². The van der Waals surface area contributed by atoms with Crippen LogP contribution in [0.2, 0.25) is 0 Å². The number of hydrogen-bond acceptors (Lipinski definition) is 5. The van der Waals surface area contributed by atoms with Gasteiger partial charge in [0.15, 0.2) is 11.5 Å². The molecule has 0 radical (unpaired) electrons. The molecule has 0 aliphatic carbocycles. The highest BCUT2D eigenvalue weighted by atomic mass is 16.5. The zero-order valence-corrected chi connectivity index (χ0v) is 14.6. The Morgan fingerprint density at radius 1 is 1.00 bits per heavy atom. The molecule has 6 heteroatoms. The van der Waals surface area contributed by atoms with Gasteiger partial charge in [0, 0.05) is 0 Å². The van der Waals surface area contributed by atoms with Crippen LogP contribution in [0.1, 0.15) is 15.9 Å². The van der Waals surface area contributed by atoms with Crippen LogP contribution in [0.15, 0.2) is 77.9 Å². The number of methoxy groups -OCH3 is 1. The minimum absolute atomic E-state index is 0.0330. The summed E-state index contributed by atoms with van der Waals surface area (Å²) in [6.07, 6.45) is 1.46. The smallest absolute Gasteiger partial charge is 0.275 e. The number of carbonyl (C=O) groups is 1. The van der Waals surface area contributed by atoms with Crippen molar-refractivity contribution >= 4 is 12.1 Å². The Kier molecular flexibility index (Phi) is 5.69. The number of hydrogen-bond donors (Lipinski definition) is 2. The standard InChI is InChI=1S/C21H18N2O4/c1-26-20-13-15(11-12-18(20)24)14-22-23-21(25)17-9-5-6-10-19(17)27-16-7-3-2-4-8-16/h2-14,24H,1H3,(H,23,25)/b22-14+. The van der Waals surface area contributed by atoms with Gasteiger partial charge in [-0.25, -0.2) is 5.43 Å². The summed E-state index contributed by atoms with van der Waals surface area (Å²) >= 11 is 0. The molecule has 0 bridgehead atoms. The van der Waals surface area contributed by atoms with Gasteiger partial charge in [-0.2, -0.15) is 5.10 Å². The molecule has 0 unspecified atom stereocenters. The topological polar surface area (TPSA) is 80.2 Å². The summed E-state index contributed by atoms with van der Waals surface area (Å²) in [6.45, 7) is 0. The highest BCUT2D eigenvalue weighted by Gasteiger charge is 2.12. The highest BCUT2D eigenvalue weighted by Crippen LogP contribution is 2.26. The number of phenols is 1. The second-order valence-electron chi connectivity index (χ2n) is 5.54. The molecule has 0 heterocycles. The fourth-order valence-electron chi connectivity index (χ4n) is 2.36. The first kappa shape index (κ1) is 18.0. The Morgan fingerprint density at radius 3 is 2.52 bits per heavy atom. The molecule has 0 saturated carbocycles. The highest BCUT2D eigenvalue weighted by molar-refractivity contribution is 5.97. The van der Waals surface area contributed by atoms with Crippen molar-refractivity contribution in [3.63, 3.8) is 0 Å². The van der Waals surface area contributed by atoms with Crippen LogP contribution >= 0.6 is 0 Å². The number of carbonyl (C=O) groups excluding carboxylic acids is 1. The molecule has 27 heavy (non-hydrogen) atoms. The van der Waals surface area contributed by atoms with E-state index >= 15 is 0 Å². The average Bonchev–Trinajstić information content (AvgIpc) is 2.70. The van der Waals surface area contributed by atoms with E-state index in [0.29, 0.717) is 28.4 Å². The second kappa shape index (κ2) is 8.53. The maximum Gasteiger partial charge on any atom is 0.275 e. The third-order valence-corrected chi connectivity index (χ3v) is 3.69. The van der Waals surface area contributed by atoms with Crippen LogP contribution in [0.25, 0.3) is 0 Å². The number of amides is 1. The molecule has 0 aliphatic heterocycles. The first-order chi connectivity index (χ1) is 13.2. The molecule has 3 aromatic carbocycles.